The quantitative estimate of drug-likeness (QED) is 0.796. The van der Waals surface area contributed by atoms with Crippen LogP contribution in [0.25, 0.3) is 0 Å². The Bertz CT molecular complexity index is 773. The van der Waals surface area contributed by atoms with Crippen LogP contribution in [0, 0.1) is 17.3 Å². The predicted octanol–water partition coefficient (Wildman–Crippen LogP) is 1.04. The van der Waals surface area contributed by atoms with Gasteiger partial charge in [-0.15, -0.1) is 0 Å². The van der Waals surface area contributed by atoms with Gasteiger partial charge in [0.05, 0.1) is 12.0 Å². The van der Waals surface area contributed by atoms with Crippen molar-refractivity contribution >= 4 is 11.8 Å². The Morgan fingerprint density at radius 3 is 2.62 bits per heavy atom. The third-order valence-electron chi connectivity index (χ3n) is 7.75. The van der Waals surface area contributed by atoms with E-state index >= 15 is 0 Å². The van der Waals surface area contributed by atoms with Crippen molar-refractivity contribution in [3.63, 3.8) is 0 Å². The summed E-state index contributed by atoms with van der Waals surface area (Å²) in [5.74, 6) is 1.06. The minimum Gasteiger partial charge on any atom is -0.395 e. The van der Waals surface area contributed by atoms with E-state index in [1.54, 1.807) is 0 Å². The van der Waals surface area contributed by atoms with Crippen LogP contribution in [0.1, 0.15) is 31.2 Å². The molecule has 0 spiro atoms. The number of amides is 2. The molecule has 0 aromatic heterocycles. The molecule has 0 radical (unpaired) electrons. The molecular weight excluding hydrogens is 366 g/mol. The zero-order chi connectivity index (χ0) is 20.0. The van der Waals surface area contributed by atoms with Gasteiger partial charge in [-0.25, -0.2) is 0 Å². The maximum absolute atomic E-state index is 13.3. The number of carbonyl (C=O) groups excluding carboxylic acids is 2. The van der Waals surface area contributed by atoms with Crippen molar-refractivity contribution in [2.75, 3.05) is 32.8 Å². The van der Waals surface area contributed by atoms with E-state index in [1.165, 1.54) is 5.56 Å². The molecule has 4 saturated heterocycles. The first-order chi connectivity index (χ1) is 14.1. The molecule has 0 unspecified atom stereocenters. The first-order valence-corrected chi connectivity index (χ1v) is 11.1. The first-order valence-electron chi connectivity index (χ1n) is 11.1. The largest absolute Gasteiger partial charge is 0.395 e. The highest BCUT2D eigenvalue weighted by Gasteiger charge is 2.53. The number of nitrogens with zero attached hydrogens (tertiary/aromatic N) is 2. The van der Waals surface area contributed by atoms with Gasteiger partial charge in [0.15, 0.2) is 0 Å². The first kappa shape index (κ1) is 19.1. The topological polar surface area (TPSA) is 72.9 Å². The smallest absolute Gasteiger partial charge is 0.233 e. The van der Waals surface area contributed by atoms with Gasteiger partial charge in [-0.05, 0) is 43.1 Å². The molecule has 4 aliphatic heterocycles. The molecule has 156 valence electrons. The molecule has 5 rings (SSSR count). The van der Waals surface area contributed by atoms with E-state index in [-0.39, 0.29) is 24.6 Å². The van der Waals surface area contributed by atoms with Crippen molar-refractivity contribution in [1.82, 2.24) is 15.1 Å². The fourth-order valence-electron chi connectivity index (χ4n) is 6.15. The van der Waals surface area contributed by atoms with Crippen LogP contribution in [0.4, 0.5) is 0 Å². The Balaban J connectivity index is 1.43. The number of rotatable bonds is 4. The van der Waals surface area contributed by atoms with Gasteiger partial charge >= 0.3 is 0 Å². The van der Waals surface area contributed by atoms with E-state index < -0.39 is 5.41 Å². The lowest BCUT2D eigenvalue weighted by atomic mass is 9.70. The molecule has 4 atom stereocenters. The van der Waals surface area contributed by atoms with E-state index in [9.17, 15) is 14.7 Å². The number of hydrogen-bond acceptors (Lipinski definition) is 4. The van der Waals surface area contributed by atoms with Crippen molar-refractivity contribution in [1.29, 1.82) is 0 Å². The fourth-order valence-corrected chi connectivity index (χ4v) is 6.15. The van der Waals surface area contributed by atoms with Crippen LogP contribution < -0.4 is 5.32 Å². The highest BCUT2D eigenvalue weighted by atomic mass is 16.3. The molecule has 4 fully saturated rings. The van der Waals surface area contributed by atoms with E-state index in [4.69, 9.17) is 0 Å². The molecular formula is C23H31N3O3. The van der Waals surface area contributed by atoms with E-state index in [2.05, 4.69) is 34.5 Å². The van der Waals surface area contributed by atoms with Crippen LogP contribution in [-0.4, -0.2) is 71.6 Å². The Morgan fingerprint density at radius 2 is 1.93 bits per heavy atom. The molecule has 0 aliphatic carbocycles. The minimum atomic E-state index is -0.636. The molecule has 2 bridgehead atoms. The van der Waals surface area contributed by atoms with Gasteiger partial charge in [-0.2, -0.15) is 0 Å². The summed E-state index contributed by atoms with van der Waals surface area (Å²) < 4.78 is 0. The predicted molar refractivity (Wildman–Crippen MR) is 109 cm³/mol. The number of likely N-dealkylation sites (tertiary alicyclic amines) is 1. The maximum Gasteiger partial charge on any atom is 0.233 e. The van der Waals surface area contributed by atoms with Crippen molar-refractivity contribution in [2.45, 2.75) is 44.2 Å². The number of fused-ring (bicyclic) bond motifs is 4. The zero-order valence-corrected chi connectivity index (χ0v) is 16.9. The van der Waals surface area contributed by atoms with Crippen molar-refractivity contribution in [3.05, 3.63) is 35.9 Å². The molecule has 0 saturated carbocycles. The molecule has 6 nitrogen and oxygen atoms in total. The van der Waals surface area contributed by atoms with Crippen LogP contribution in [0.2, 0.25) is 0 Å². The monoisotopic (exact) mass is 397 g/mol. The van der Waals surface area contributed by atoms with E-state index in [0.717, 1.165) is 32.2 Å². The molecule has 2 N–H and O–H groups in total. The van der Waals surface area contributed by atoms with Gasteiger partial charge < -0.3 is 20.2 Å². The van der Waals surface area contributed by atoms with Crippen molar-refractivity contribution < 1.29 is 14.7 Å². The van der Waals surface area contributed by atoms with E-state index in [0.29, 0.717) is 43.8 Å². The molecule has 1 aromatic rings. The summed E-state index contributed by atoms with van der Waals surface area (Å²) in [7, 11) is 0. The van der Waals surface area contributed by atoms with Gasteiger partial charge in [0.1, 0.15) is 0 Å². The Labute approximate surface area is 172 Å². The van der Waals surface area contributed by atoms with Crippen molar-refractivity contribution in [3.8, 4) is 0 Å². The molecule has 6 heteroatoms. The van der Waals surface area contributed by atoms with Crippen LogP contribution >= 0.6 is 0 Å². The number of benzene rings is 1. The maximum atomic E-state index is 13.3. The van der Waals surface area contributed by atoms with Crippen LogP contribution in [-0.2, 0) is 16.0 Å². The summed E-state index contributed by atoms with van der Waals surface area (Å²) in [6, 6.07) is 10.8. The van der Waals surface area contributed by atoms with Gasteiger partial charge in [-0.1, -0.05) is 30.3 Å². The van der Waals surface area contributed by atoms with Crippen LogP contribution in [0.15, 0.2) is 30.3 Å². The Hall–Kier alpha value is -1.92. The normalized spacial score (nSPS) is 33.1. The number of piperidine rings is 3. The standard InChI is InChI=1S/C23H31N3O3/c27-15-23(13-24-14-23)22(29)25-11-17-10-18(12-25)20(9-16-5-2-1-3-6-16)26-19(17)7-4-8-21(26)28/h1-3,5-6,17-20,24,27H,4,7-15H2/t17-,18+,19+,20+/m1/s1. The molecule has 4 aliphatic rings. The molecule has 29 heavy (non-hydrogen) atoms. The zero-order valence-electron chi connectivity index (χ0n) is 16.9. The van der Waals surface area contributed by atoms with Gasteiger partial charge in [0.25, 0.3) is 0 Å². The highest BCUT2D eigenvalue weighted by molar-refractivity contribution is 5.85. The minimum absolute atomic E-state index is 0.0911. The second-order valence-electron chi connectivity index (χ2n) is 9.53. The third kappa shape index (κ3) is 3.17. The molecule has 2 amide bonds. The highest BCUT2D eigenvalue weighted by Crippen LogP contribution is 2.43. The average Bonchev–Trinajstić information content (AvgIpc) is 2.71. The molecule has 4 heterocycles. The van der Waals surface area contributed by atoms with Gasteiger partial charge in [0, 0.05) is 44.7 Å². The summed E-state index contributed by atoms with van der Waals surface area (Å²) >= 11 is 0. The Kier molecular flexibility index (Phi) is 4.87. The van der Waals surface area contributed by atoms with Crippen molar-refractivity contribution in [2.24, 2.45) is 17.3 Å². The second kappa shape index (κ2) is 7.40. The summed E-state index contributed by atoms with van der Waals surface area (Å²) in [5.41, 5.74) is 0.620. The lowest BCUT2D eigenvalue weighted by Gasteiger charge is -2.57. The van der Waals surface area contributed by atoms with Crippen LogP contribution in [0.3, 0.4) is 0 Å². The average molecular weight is 398 g/mol. The van der Waals surface area contributed by atoms with Gasteiger partial charge in [0.2, 0.25) is 11.8 Å². The lowest BCUT2D eigenvalue weighted by molar-refractivity contribution is -0.163. The summed E-state index contributed by atoms with van der Waals surface area (Å²) in [6.45, 7) is 2.46. The van der Waals surface area contributed by atoms with Crippen LogP contribution in [0.5, 0.6) is 0 Å². The number of aliphatic hydroxyl groups is 1. The number of aliphatic hydroxyl groups excluding tert-OH is 1. The number of hydrogen-bond donors (Lipinski definition) is 2. The second-order valence-corrected chi connectivity index (χ2v) is 9.53. The fraction of sp³-hybridized carbons (Fsp3) is 0.652. The summed E-state index contributed by atoms with van der Waals surface area (Å²) in [6.07, 6.45) is 4.61. The Morgan fingerprint density at radius 1 is 1.17 bits per heavy atom. The SMILES string of the molecule is O=C1CCC[C@H]2[C@@H]3C[C@@H](CN(C(=O)C4(CO)CNC4)C3)[C@H](Cc3ccccc3)N12. The summed E-state index contributed by atoms with van der Waals surface area (Å²) in [5, 5.41) is 13.0. The number of nitrogens with one attached hydrogen (secondary N) is 1. The lowest BCUT2D eigenvalue weighted by Crippen LogP contribution is -2.69. The number of carbonyl (C=O) groups is 2. The van der Waals surface area contributed by atoms with Gasteiger partial charge in [-0.3, -0.25) is 9.59 Å². The van der Waals surface area contributed by atoms with E-state index in [1.807, 2.05) is 11.0 Å². The summed E-state index contributed by atoms with van der Waals surface area (Å²) in [4.78, 5) is 30.5. The molecule has 1 aromatic carbocycles. The third-order valence-corrected chi connectivity index (χ3v) is 7.75.